The molecule has 3 heteroatoms. The summed E-state index contributed by atoms with van der Waals surface area (Å²) in [5, 5.41) is 0. The van der Waals surface area contributed by atoms with Crippen molar-refractivity contribution < 1.29 is 0 Å². The van der Waals surface area contributed by atoms with E-state index >= 15 is 0 Å². The lowest BCUT2D eigenvalue weighted by molar-refractivity contribution is 0.351. The van der Waals surface area contributed by atoms with Gasteiger partial charge in [-0.2, -0.15) is 0 Å². The van der Waals surface area contributed by atoms with Crippen LogP contribution in [0.4, 0.5) is 11.5 Å². The fourth-order valence-corrected chi connectivity index (χ4v) is 2.81. The Morgan fingerprint density at radius 1 is 1.28 bits per heavy atom. The van der Waals surface area contributed by atoms with Gasteiger partial charge in [-0.3, -0.25) is 0 Å². The highest BCUT2D eigenvalue weighted by Crippen LogP contribution is 2.28. The van der Waals surface area contributed by atoms with Gasteiger partial charge in [0, 0.05) is 18.8 Å². The number of hydrogen-bond acceptors (Lipinski definition) is 3. The van der Waals surface area contributed by atoms with Crippen LogP contribution >= 0.6 is 0 Å². The van der Waals surface area contributed by atoms with Gasteiger partial charge in [-0.05, 0) is 50.2 Å². The van der Waals surface area contributed by atoms with E-state index in [1.807, 2.05) is 19.1 Å². The van der Waals surface area contributed by atoms with E-state index in [1.54, 1.807) is 0 Å². The van der Waals surface area contributed by atoms with Gasteiger partial charge in [0.1, 0.15) is 0 Å². The Morgan fingerprint density at radius 3 is 2.78 bits per heavy atom. The zero-order valence-corrected chi connectivity index (χ0v) is 11.8. The molecule has 0 amide bonds. The first-order chi connectivity index (χ1) is 8.58. The molecule has 1 unspecified atom stereocenters. The molecule has 1 fully saturated rings. The molecule has 0 radical (unpaired) electrons. The molecule has 0 spiro atoms. The largest absolute Gasteiger partial charge is 0.396 e. The molecule has 0 saturated carbocycles. The summed E-state index contributed by atoms with van der Waals surface area (Å²) < 4.78 is 0. The minimum Gasteiger partial charge on any atom is -0.396 e. The smallest absolute Gasteiger partial charge is 0.152 e. The van der Waals surface area contributed by atoms with Crippen molar-refractivity contribution in [3.05, 3.63) is 17.8 Å². The van der Waals surface area contributed by atoms with E-state index in [0.29, 0.717) is 0 Å². The van der Waals surface area contributed by atoms with Crippen LogP contribution in [0.3, 0.4) is 0 Å². The average Bonchev–Trinajstić information content (AvgIpc) is 2.58. The summed E-state index contributed by atoms with van der Waals surface area (Å²) in [5.74, 6) is 2.62. The maximum atomic E-state index is 6.06. The van der Waals surface area contributed by atoms with E-state index in [1.165, 1.54) is 19.3 Å². The Labute approximate surface area is 110 Å². The van der Waals surface area contributed by atoms with Crippen LogP contribution in [0.15, 0.2) is 12.1 Å². The lowest BCUT2D eigenvalue weighted by Gasteiger charge is -2.24. The molecule has 1 aliphatic heterocycles. The summed E-state index contributed by atoms with van der Waals surface area (Å²) in [4.78, 5) is 6.97. The number of hydrogen-bond donors (Lipinski definition) is 1. The van der Waals surface area contributed by atoms with Crippen molar-refractivity contribution in [3.8, 4) is 0 Å². The highest BCUT2D eigenvalue weighted by molar-refractivity contribution is 5.62. The summed E-state index contributed by atoms with van der Waals surface area (Å²) in [5.41, 5.74) is 7.92. The molecule has 100 valence electrons. The summed E-state index contributed by atoms with van der Waals surface area (Å²) in [6.45, 7) is 8.87. The van der Waals surface area contributed by atoms with Gasteiger partial charge in [0.2, 0.25) is 0 Å². The van der Waals surface area contributed by atoms with Crippen LogP contribution < -0.4 is 10.6 Å². The van der Waals surface area contributed by atoms with Gasteiger partial charge in [0.25, 0.3) is 0 Å². The number of aryl methyl sites for hydroxylation is 1. The van der Waals surface area contributed by atoms with Crippen LogP contribution in [0.2, 0.25) is 0 Å². The molecule has 3 nitrogen and oxygen atoms in total. The van der Waals surface area contributed by atoms with Gasteiger partial charge < -0.3 is 10.6 Å². The second-order valence-electron chi connectivity index (χ2n) is 5.79. The topological polar surface area (TPSA) is 42.1 Å². The van der Waals surface area contributed by atoms with E-state index < -0.39 is 0 Å². The number of rotatable bonds is 2. The van der Waals surface area contributed by atoms with Crippen molar-refractivity contribution in [2.75, 3.05) is 23.7 Å². The fourth-order valence-electron chi connectivity index (χ4n) is 2.81. The molecule has 0 aliphatic carbocycles. The van der Waals surface area contributed by atoms with Gasteiger partial charge in [0.05, 0.1) is 5.69 Å². The van der Waals surface area contributed by atoms with Crippen LogP contribution in [0, 0.1) is 18.8 Å². The minimum atomic E-state index is 0.785. The van der Waals surface area contributed by atoms with E-state index in [9.17, 15) is 0 Å². The maximum Gasteiger partial charge on any atom is 0.152 e. The van der Waals surface area contributed by atoms with E-state index in [-0.39, 0.29) is 0 Å². The van der Waals surface area contributed by atoms with Crippen LogP contribution in [-0.2, 0) is 0 Å². The van der Waals surface area contributed by atoms with E-state index in [2.05, 4.69) is 23.7 Å². The lowest BCUT2D eigenvalue weighted by atomic mass is 9.89. The highest BCUT2D eigenvalue weighted by Gasteiger charge is 2.21. The summed E-state index contributed by atoms with van der Waals surface area (Å²) in [6, 6.07) is 3.95. The zero-order chi connectivity index (χ0) is 13.1. The van der Waals surface area contributed by atoms with Gasteiger partial charge in [-0.25, -0.2) is 4.98 Å². The summed E-state index contributed by atoms with van der Waals surface area (Å²) in [7, 11) is 0. The zero-order valence-electron chi connectivity index (χ0n) is 11.8. The second kappa shape index (κ2) is 5.59. The van der Waals surface area contributed by atoms with Gasteiger partial charge in [-0.1, -0.05) is 13.8 Å². The molecule has 18 heavy (non-hydrogen) atoms. The Kier molecular flexibility index (Phi) is 4.10. The lowest BCUT2D eigenvalue weighted by Crippen LogP contribution is -2.26. The molecule has 1 aliphatic rings. The molecule has 1 aromatic heterocycles. The maximum absolute atomic E-state index is 6.06. The van der Waals surface area contributed by atoms with Crippen LogP contribution in [-0.4, -0.2) is 18.1 Å². The molecule has 0 aromatic carbocycles. The van der Waals surface area contributed by atoms with Crippen molar-refractivity contribution in [1.29, 1.82) is 0 Å². The molecule has 0 bridgehead atoms. The first kappa shape index (κ1) is 13.2. The number of nitrogens with two attached hydrogens (primary N) is 1. The Morgan fingerprint density at radius 2 is 2.06 bits per heavy atom. The van der Waals surface area contributed by atoms with Crippen molar-refractivity contribution in [2.45, 2.75) is 40.0 Å². The van der Waals surface area contributed by atoms with Gasteiger partial charge in [0.15, 0.2) is 5.82 Å². The summed E-state index contributed by atoms with van der Waals surface area (Å²) in [6.07, 6.45) is 3.84. The molecule has 2 rings (SSSR count). The monoisotopic (exact) mass is 247 g/mol. The normalized spacial score (nSPS) is 21.1. The number of aromatic nitrogens is 1. The molecule has 2 heterocycles. The third kappa shape index (κ3) is 2.95. The highest BCUT2D eigenvalue weighted by atomic mass is 15.2. The first-order valence-electron chi connectivity index (χ1n) is 7.06. The van der Waals surface area contributed by atoms with E-state index in [0.717, 1.165) is 42.1 Å². The van der Waals surface area contributed by atoms with Crippen LogP contribution in [0.1, 0.15) is 38.8 Å². The predicted molar refractivity (Wildman–Crippen MR) is 77.8 cm³/mol. The fraction of sp³-hybridized carbons (Fsp3) is 0.667. The van der Waals surface area contributed by atoms with Gasteiger partial charge in [-0.15, -0.1) is 0 Å². The quantitative estimate of drug-likeness (QED) is 0.872. The second-order valence-corrected chi connectivity index (χ2v) is 5.79. The Bertz CT molecular complexity index is 401. The molecule has 1 atom stereocenters. The molecule has 2 N–H and O–H groups in total. The molecule has 1 aromatic rings. The van der Waals surface area contributed by atoms with Crippen molar-refractivity contribution >= 4 is 11.5 Å². The van der Waals surface area contributed by atoms with Crippen LogP contribution in [0.25, 0.3) is 0 Å². The van der Waals surface area contributed by atoms with Crippen molar-refractivity contribution in [3.63, 3.8) is 0 Å². The summed E-state index contributed by atoms with van der Waals surface area (Å²) >= 11 is 0. The number of pyridine rings is 1. The predicted octanol–water partition coefficient (Wildman–Crippen LogP) is 3.23. The average molecular weight is 247 g/mol. The van der Waals surface area contributed by atoms with Gasteiger partial charge >= 0.3 is 0 Å². The SMILES string of the molecule is Cc1ccc(N)c(N2CCCC(C(C)C)CC2)n1. The standard InChI is InChI=1S/C15H25N3/c1-11(2)13-5-4-9-18(10-8-13)15-14(16)7-6-12(3)17-15/h6-7,11,13H,4-5,8-10,16H2,1-3H3. The number of nitrogens with zero attached hydrogens (tertiary/aromatic N) is 2. The van der Waals surface area contributed by atoms with Crippen LogP contribution in [0.5, 0.6) is 0 Å². The third-order valence-electron chi connectivity index (χ3n) is 4.06. The Hall–Kier alpha value is -1.25. The van der Waals surface area contributed by atoms with Crippen molar-refractivity contribution in [1.82, 2.24) is 4.98 Å². The number of anilines is 2. The minimum absolute atomic E-state index is 0.785. The van der Waals surface area contributed by atoms with Crippen molar-refractivity contribution in [2.24, 2.45) is 11.8 Å². The molecular formula is C15H25N3. The Balaban J connectivity index is 2.12. The first-order valence-corrected chi connectivity index (χ1v) is 7.06. The van der Waals surface area contributed by atoms with E-state index in [4.69, 9.17) is 5.73 Å². The molecular weight excluding hydrogens is 222 g/mol. The number of nitrogen functional groups attached to an aromatic ring is 1. The molecule has 1 saturated heterocycles. The third-order valence-corrected chi connectivity index (χ3v) is 4.06.